The van der Waals surface area contributed by atoms with Crippen LogP contribution in [0.1, 0.15) is 105 Å². The lowest BCUT2D eigenvalue weighted by molar-refractivity contribution is -0.272. The van der Waals surface area contributed by atoms with E-state index in [1.807, 2.05) is 13.8 Å². The molecule has 3 aliphatic rings. The highest BCUT2D eigenvalue weighted by Crippen LogP contribution is 2.25. The number of nitrogens with one attached hydrogen (secondary N) is 9. The summed E-state index contributed by atoms with van der Waals surface area (Å²) >= 11 is 0. The zero-order chi connectivity index (χ0) is 71.8. The molecule has 0 aromatic heterocycles. The van der Waals surface area contributed by atoms with Gasteiger partial charge in [0.15, 0.2) is 18.9 Å². The molecule has 3 saturated heterocycles. The van der Waals surface area contributed by atoms with Gasteiger partial charge in [0.2, 0.25) is 53.2 Å². The first-order valence-electron chi connectivity index (χ1n) is 32.9. The average molecular weight is 1400 g/mol. The van der Waals surface area contributed by atoms with E-state index in [-0.39, 0.29) is 130 Å². The van der Waals surface area contributed by atoms with E-state index in [1.165, 1.54) is 20.8 Å². The van der Waals surface area contributed by atoms with Crippen LogP contribution in [0.2, 0.25) is 0 Å². The Kier molecular flexibility index (Phi) is 42.7. The minimum absolute atomic E-state index is 0.0165. The van der Waals surface area contributed by atoms with Crippen LogP contribution in [0.25, 0.3) is 0 Å². The molecule has 0 aliphatic carbocycles. The average Bonchev–Trinajstić information content (AvgIpc) is 0.846. The van der Waals surface area contributed by atoms with Gasteiger partial charge in [-0.15, -0.1) is 0 Å². The molecule has 3 aliphatic heterocycles. The van der Waals surface area contributed by atoms with Crippen LogP contribution in [0.3, 0.4) is 0 Å². The second-order valence-corrected chi connectivity index (χ2v) is 23.5. The van der Waals surface area contributed by atoms with Crippen LogP contribution in [0.5, 0.6) is 0 Å². The summed E-state index contributed by atoms with van der Waals surface area (Å²) in [6.07, 6.45) is -14.3. The molecular weight excluding hydrogens is 1290 g/mol. The summed E-state index contributed by atoms with van der Waals surface area (Å²) in [5.41, 5.74) is 0. The number of amides is 9. The third-order valence-electron chi connectivity index (χ3n) is 15.2. The normalized spacial score (nSPS) is 26.2. The fraction of sp³-hybridized carbons (Fsp3) is 0.850. The number of hydrogen-bond acceptors (Lipinski definition) is 28. The highest BCUT2D eigenvalue weighted by atomic mass is 16.7. The van der Waals surface area contributed by atoms with Gasteiger partial charge in [-0.05, 0) is 46.0 Å². The van der Waals surface area contributed by atoms with Crippen molar-refractivity contribution in [2.45, 2.75) is 215 Å². The van der Waals surface area contributed by atoms with Crippen molar-refractivity contribution in [3.05, 3.63) is 0 Å². The molecule has 9 amide bonds. The number of rotatable bonds is 49. The molecule has 0 aromatic rings. The Morgan fingerprint density at radius 2 is 0.722 bits per heavy atom. The maximum atomic E-state index is 13.8. The molecular formula is C60H107N9O28. The molecule has 0 aromatic carbocycles. The second kappa shape index (κ2) is 48.3. The van der Waals surface area contributed by atoms with Crippen molar-refractivity contribution < 1.29 is 136 Å². The smallest absolute Gasteiger partial charge is 0.242 e. The zero-order valence-electron chi connectivity index (χ0n) is 56.0. The largest absolute Gasteiger partial charge is 0.394 e. The van der Waals surface area contributed by atoms with Gasteiger partial charge in [-0.25, -0.2) is 0 Å². The van der Waals surface area contributed by atoms with Crippen molar-refractivity contribution in [1.29, 1.82) is 0 Å². The lowest BCUT2D eigenvalue weighted by Crippen LogP contribution is -2.64. The number of carbonyl (C=O) groups is 9. The number of unbranched alkanes of at least 4 members (excludes halogenated alkanes) is 3. The van der Waals surface area contributed by atoms with Gasteiger partial charge in [-0.2, -0.15) is 0 Å². The minimum atomic E-state index is -1.54. The summed E-state index contributed by atoms with van der Waals surface area (Å²) in [7, 11) is 0. The predicted octanol–water partition coefficient (Wildman–Crippen LogP) is -7.93. The molecule has 37 nitrogen and oxygen atoms in total. The standard InChI is InChI=1S/C60H107N9O28/c1-34(2)91-21-9-7-6-8-17-61-43(76)11-10-12-45(78)68-39(57(87)64-20-24-90-27-30-94-60-49(67-37(5)75)55(85)52(82)42(33-72)97-60)14-16-46(79)69-38(56(86)63-19-23-89-26-29-93-59-48(66-36(4)74)54(84)51(81)41(32-71)96-59)13-15-44(77)62-18-22-88-25-28-92-58-47(65-35(3)73)53(83)50(80)40(31-70)95-58/h34,38-42,47-55,58-60,70-72,80-85H,6-33H2,1-5H3,(H,61,76)(H,62,77)(H,63,86)(H,64,87)(H,65,73)(H,66,74)(H,67,75)(H,68,78)(H,69,79). The molecule has 3 heterocycles. The molecule has 3 fully saturated rings. The number of aliphatic hydroxyl groups is 9. The third kappa shape index (κ3) is 33.5. The molecule has 560 valence electrons. The summed E-state index contributed by atoms with van der Waals surface area (Å²) < 4.78 is 55.8. The topological polar surface area (TPSA) is 536 Å². The van der Waals surface area contributed by atoms with E-state index in [0.717, 1.165) is 25.7 Å². The van der Waals surface area contributed by atoms with Crippen LogP contribution in [-0.4, -0.2) is 321 Å². The van der Waals surface area contributed by atoms with E-state index in [2.05, 4.69) is 47.9 Å². The highest BCUT2D eigenvalue weighted by molar-refractivity contribution is 5.90. The lowest BCUT2D eigenvalue weighted by Gasteiger charge is -2.42. The molecule has 97 heavy (non-hydrogen) atoms. The van der Waals surface area contributed by atoms with Gasteiger partial charge in [-0.3, -0.25) is 43.2 Å². The molecule has 18 N–H and O–H groups in total. The minimum Gasteiger partial charge on any atom is -0.394 e. The van der Waals surface area contributed by atoms with Gasteiger partial charge in [-0.1, -0.05) is 12.8 Å². The summed E-state index contributed by atoms with van der Waals surface area (Å²) in [4.78, 5) is 116. The number of carbonyl (C=O) groups excluding carboxylic acids is 9. The molecule has 3 rings (SSSR count). The maximum absolute atomic E-state index is 13.8. The Morgan fingerprint density at radius 3 is 1.10 bits per heavy atom. The highest BCUT2D eigenvalue weighted by Gasteiger charge is 2.48. The Hall–Kier alpha value is -5.53. The SMILES string of the molecule is CC(=O)NC1C(OCCOCCNC(=O)CCC(NC(=O)CCC(NC(=O)CCCC(=O)NCCCCCCOC(C)C)C(=O)NCCOCCOC2OC(CO)C(O)C(O)C2NC(C)=O)C(=O)NCCOCCOC2OC(CO)C(O)C(O)C2NC(C)=O)OC(CO)C(O)C1O. The lowest BCUT2D eigenvalue weighted by atomic mass is 9.97. The molecule has 0 saturated carbocycles. The molecule has 0 radical (unpaired) electrons. The van der Waals surface area contributed by atoms with Gasteiger partial charge in [0, 0.05) is 79.2 Å². The summed E-state index contributed by atoms with van der Waals surface area (Å²) in [6, 6.07) is -6.24. The molecule has 17 unspecified atom stereocenters. The first kappa shape index (κ1) is 85.7. The molecule has 17 atom stereocenters. The summed E-state index contributed by atoms with van der Waals surface area (Å²) in [5, 5.41) is 115. The fourth-order valence-electron chi connectivity index (χ4n) is 10.2. The Labute approximate surface area is 563 Å². The second-order valence-electron chi connectivity index (χ2n) is 23.5. The first-order valence-corrected chi connectivity index (χ1v) is 32.9. The van der Waals surface area contributed by atoms with Gasteiger partial charge in [0.05, 0.1) is 85.4 Å². The first-order chi connectivity index (χ1) is 46.3. The molecule has 0 spiro atoms. The molecule has 0 bridgehead atoms. The van der Waals surface area contributed by atoms with Gasteiger partial charge >= 0.3 is 0 Å². The Bertz CT molecular complexity index is 2340. The summed E-state index contributed by atoms with van der Waals surface area (Å²) in [5.74, 6) is -5.31. The van der Waals surface area contributed by atoms with Crippen LogP contribution >= 0.6 is 0 Å². The van der Waals surface area contributed by atoms with Gasteiger partial charge in [0.1, 0.15) is 85.1 Å². The van der Waals surface area contributed by atoms with Crippen molar-refractivity contribution in [3.63, 3.8) is 0 Å². The Balaban J connectivity index is 1.64. The van der Waals surface area contributed by atoms with Crippen LogP contribution in [0.4, 0.5) is 0 Å². The van der Waals surface area contributed by atoms with E-state index in [4.69, 9.17) is 47.4 Å². The predicted molar refractivity (Wildman–Crippen MR) is 334 cm³/mol. The monoisotopic (exact) mass is 1400 g/mol. The number of ether oxygens (including phenoxy) is 10. The van der Waals surface area contributed by atoms with Crippen LogP contribution in [0, 0.1) is 0 Å². The van der Waals surface area contributed by atoms with Crippen LogP contribution in [0.15, 0.2) is 0 Å². The van der Waals surface area contributed by atoms with E-state index < -0.39 is 178 Å². The van der Waals surface area contributed by atoms with Crippen molar-refractivity contribution in [1.82, 2.24) is 47.9 Å². The van der Waals surface area contributed by atoms with Crippen molar-refractivity contribution in [3.8, 4) is 0 Å². The number of hydrogen-bond donors (Lipinski definition) is 18. The van der Waals surface area contributed by atoms with Gasteiger partial charge in [0.25, 0.3) is 0 Å². The third-order valence-corrected chi connectivity index (χ3v) is 15.2. The van der Waals surface area contributed by atoms with Gasteiger partial charge < -0.3 is 141 Å². The van der Waals surface area contributed by atoms with E-state index in [1.54, 1.807) is 0 Å². The fourth-order valence-corrected chi connectivity index (χ4v) is 10.2. The molecule has 37 heteroatoms. The van der Waals surface area contributed by atoms with E-state index in [9.17, 15) is 89.1 Å². The van der Waals surface area contributed by atoms with Crippen LogP contribution in [-0.2, 0) is 90.5 Å². The maximum Gasteiger partial charge on any atom is 0.242 e. The van der Waals surface area contributed by atoms with E-state index in [0.29, 0.717) is 13.2 Å². The van der Waals surface area contributed by atoms with Crippen LogP contribution < -0.4 is 47.9 Å². The summed E-state index contributed by atoms with van der Waals surface area (Å²) in [6.45, 7) is 5.35. The van der Waals surface area contributed by atoms with Crippen molar-refractivity contribution in [2.75, 3.05) is 112 Å². The quantitative estimate of drug-likeness (QED) is 0.0252. The Morgan fingerprint density at radius 1 is 0.381 bits per heavy atom. The van der Waals surface area contributed by atoms with Crippen molar-refractivity contribution >= 4 is 53.2 Å². The number of aliphatic hydroxyl groups excluding tert-OH is 9. The van der Waals surface area contributed by atoms with Crippen molar-refractivity contribution in [2.24, 2.45) is 0 Å². The zero-order valence-corrected chi connectivity index (χ0v) is 56.0. The van der Waals surface area contributed by atoms with E-state index >= 15 is 0 Å².